The largest absolute Gasteiger partial charge is 0.457 e. The van der Waals surface area contributed by atoms with Crippen LogP contribution in [-0.2, 0) is 16.1 Å². The second-order valence-corrected chi connectivity index (χ2v) is 8.54. The van der Waals surface area contributed by atoms with E-state index in [0.29, 0.717) is 24.9 Å². The maximum absolute atomic E-state index is 12.5. The first kappa shape index (κ1) is 24.4. The van der Waals surface area contributed by atoms with E-state index in [1.807, 2.05) is 60.7 Å². The normalized spacial score (nSPS) is 19.5. The van der Waals surface area contributed by atoms with Gasteiger partial charge in [0.2, 0.25) is 5.91 Å². The van der Waals surface area contributed by atoms with E-state index in [0.717, 1.165) is 17.1 Å². The number of hydrogen-bond acceptors (Lipinski definition) is 5. The van der Waals surface area contributed by atoms with E-state index in [9.17, 15) is 14.7 Å². The number of aliphatic hydroxyl groups excluding tert-OH is 1. The van der Waals surface area contributed by atoms with Gasteiger partial charge >= 0.3 is 0 Å². The maximum Gasteiger partial charge on any atom is 0.251 e. The Labute approximate surface area is 205 Å². The summed E-state index contributed by atoms with van der Waals surface area (Å²) in [5.41, 5.74) is 1.52. The summed E-state index contributed by atoms with van der Waals surface area (Å²) in [5, 5.41) is 15.6. The minimum absolute atomic E-state index is 0.122. The number of rotatable bonds is 9. The van der Waals surface area contributed by atoms with Crippen molar-refractivity contribution in [3.05, 3.63) is 96.1 Å². The minimum atomic E-state index is -0.550. The molecule has 3 aromatic rings. The van der Waals surface area contributed by atoms with E-state index in [1.54, 1.807) is 24.3 Å². The van der Waals surface area contributed by atoms with Crippen LogP contribution in [0.5, 0.6) is 11.5 Å². The molecule has 0 aliphatic carbocycles. The number of amides is 2. The van der Waals surface area contributed by atoms with Crippen LogP contribution >= 0.6 is 0 Å². The molecule has 1 fully saturated rings. The summed E-state index contributed by atoms with van der Waals surface area (Å²) in [6, 6.07) is 25.7. The molecule has 3 aromatic carbocycles. The number of hydrogen-bond donors (Lipinski definition) is 3. The molecule has 1 aliphatic rings. The number of aliphatic hydroxyl groups is 1. The molecule has 1 saturated heterocycles. The molecule has 1 aliphatic heterocycles. The van der Waals surface area contributed by atoms with Gasteiger partial charge in [-0.05, 0) is 54.8 Å². The lowest BCUT2D eigenvalue weighted by molar-refractivity contribution is -0.131. The molecule has 7 heteroatoms. The van der Waals surface area contributed by atoms with Crippen LogP contribution in [0.3, 0.4) is 0 Å². The molecule has 0 unspecified atom stereocenters. The van der Waals surface area contributed by atoms with Crippen molar-refractivity contribution in [2.45, 2.75) is 44.1 Å². The molecule has 0 saturated carbocycles. The van der Waals surface area contributed by atoms with Gasteiger partial charge in [0.1, 0.15) is 17.6 Å². The molecule has 35 heavy (non-hydrogen) atoms. The Balaban J connectivity index is 1.21. The first-order valence-electron chi connectivity index (χ1n) is 11.8. The van der Waals surface area contributed by atoms with Gasteiger partial charge in [-0.25, -0.2) is 0 Å². The molecular formula is C28H30N2O5. The molecule has 2 amide bonds. The van der Waals surface area contributed by atoms with E-state index in [-0.39, 0.29) is 37.0 Å². The van der Waals surface area contributed by atoms with Gasteiger partial charge in [0.05, 0.1) is 25.2 Å². The highest BCUT2D eigenvalue weighted by Crippen LogP contribution is 2.23. The van der Waals surface area contributed by atoms with Gasteiger partial charge in [-0.15, -0.1) is 0 Å². The van der Waals surface area contributed by atoms with Crippen molar-refractivity contribution in [3.63, 3.8) is 0 Å². The molecule has 4 rings (SSSR count). The van der Waals surface area contributed by atoms with Gasteiger partial charge in [-0.2, -0.15) is 0 Å². The summed E-state index contributed by atoms with van der Waals surface area (Å²) in [6.07, 6.45) is 0.593. The summed E-state index contributed by atoms with van der Waals surface area (Å²) in [4.78, 5) is 24.9. The van der Waals surface area contributed by atoms with E-state index in [1.165, 1.54) is 0 Å². The van der Waals surface area contributed by atoms with E-state index in [4.69, 9.17) is 9.47 Å². The summed E-state index contributed by atoms with van der Waals surface area (Å²) >= 11 is 0. The molecular weight excluding hydrogens is 444 g/mol. The monoisotopic (exact) mass is 474 g/mol. The van der Waals surface area contributed by atoms with Crippen LogP contribution < -0.4 is 15.4 Å². The molecule has 0 radical (unpaired) electrons. The van der Waals surface area contributed by atoms with Gasteiger partial charge in [-0.1, -0.05) is 48.5 Å². The fourth-order valence-electron chi connectivity index (χ4n) is 4.07. The second-order valence-electron chi connectivity index (χ2n) is 8.54. The minimum Gasteiger partial charge on any atom is -0.457 e. The topological polar surface area (TPSA) is 96.9 Å². The summed E-state index contributed by atoms with van der Waals surface area (Å²) < 4.78 is 11.7. The Bertz CT molecular complexity index is 1090. The Morgan fingerprint density at radius 3 is 2.23 bits per heavy atom. The van der Waals surface area contributed by atoms with Crippen molar-refractivity contribution in [2.24, 2.45) is 0 Å². The fourth-order valence-corrected chi connectivity index (χ4v) is 4.07. The van der Waals surface area contributed by atoms with Crippen molar-refractivity contribution >= 4 is 11.8 Å². The molecule has 1 heterocycles. The fraction of sp³-hybridized carbons (Fsp3) is 0.286. The van der Waals surface area contributed by atoms with Crippen LogP contribution in [0.2, 0.25) is 0 Å². The van der Waals surface area contributed by atoms with Crippen LogP contribution in [0.25, 0.3) is 0 Å². The predicted octanol–water partition coefficient (Wildman–Crippen LogP) is 3.82. The standard InChI is InChI=1S/C28H30N2O5/c31-19-26-25(30-28(33)21-7-3-1-4-8-21)16-15-24(35-26)17-27(32)29-18-20-11-13-23(14-12-20)34-22-9-5-2-6-10-22/h1-14,24-26,31H,15-19H2,(H,29,32)(H,30,33)/t24-,25+,26-/m1/s1. The highest BCUT2D eigenvalue weighted by molar-refractivity contribution is 5.94. The van der Waals surface area contributed by atoms with Gasteiger partial charge in [-0.3, -0.25) is 9.59 Å². The average molecular weight is 475 g/mol. The average Bonchev–Trinajstić information content (AvgIpc) is 2.90. The molecule has 0 spiro atoms. The van der Waals surface area contributed by atoms with Gasteiger partial charge in [0, 0.05) is 12.1 Å². The molecule has 0 aromatic heterocycles. The van der Waals surface area contributed by atoms with Crippen molar-refractivity contribution in [1.82, 2.24) is 10.6 Å². The number of carbonyl (C=O) groups excluding carboxylic acids is 2. The molecule has 3 N–H and O–H groups in total. The summed E-state index contributed by atoms with van der Waals surface area (Å²) in [6.45, 7) is 0.172. The van der Waals surface area contributed by atoms with Crippen molar-refractivity contribution in [3.8, 4) is 11.5 Å². The van der Waals surface area contributed by atoms with Crippen molar-refractivity contribution in [2.75, 3.05) is 6.61 Å². The van der Waals surface area contributed by atoms with E-state index in [2.05, 4.69) is 10.6 Å². The predicted molar refractivity (Wildman–Crippen MR) is 132 cm³/mol. The van der Waals surface area contributed by atoms with E-state index >= 15 is 0 Å². The van der Waals surface area contributed by atoms with Gasteiger partial charge < -0.3 is 25.2 Å². The zero-order valence-electron chi connectivity index (χ0n) is 19.4. The number of nitrogens with one attached hydrogen (secondary N) is 2. The maximum atomic E-state index is 12.5. The van der Waals surface area contributed by atoms with Crippen LogP contribution in [0, 0.1) is 0 Å². The SMILES string of the molecule is O=C(C[C@H]1CC[C@H](NC(=O)c2ccccc2)[C@@H](CO)O1)NCc1ccc(Oc2ccccc2)cc1. The Morgan fingerprint density at radius 2 is 1.54 bits per heavy atom. The zero-order chi connectivity index (χ0) is 24.5. The van der Waals surface area contributed by atoms with Crippen molar-refractivity contribution < 1.29 is 24.2 Å². The number of carbonyl (C=O) groups is 2. The lowest BCUT2D eigenvalue weighted by Crippen LogP contribution is -2.51. The van der Waals surface area contributed by atoms with Crippen LogP contribution in [0.15, 0.2) is 84.9 Å². The highest BCUT2D eigenvalue weighted by atomic mass is 16.5. The van der Waals surface area contributed by atoms with Crippen LogP contribution in [0.4, 0.5) is 0 Å². The third-order valence-electron chi connectivity index (χ3n) is 5.95. The quantitative estimate of drug-likeness (QED) is 0.438. The molecule has 7 nitrogen and oxygen atoms in total. The van der Waals surface area contributed by atoms with Crippen LogP contribution in [0.1, 0.15) is 35.2 Å². The lowest BCUT2D eigenvalue weighted by Gasteiger charge is -2.36. The third-order valence-corrected chi connectivity index (χ3v) is 5.95. The van der Waals surface area contributed by atoms with Crippen LogP contribution in [-0.4, -0.2) is 41.8 Å². The smallest absolute Gasteiger partial charge is 0.251 e. The summed E-state index contributed by atoms with van der Waals surface area (Å²) in [5.74, 6) is 1.17. The van der Waals surface area contributed by atoms with Gasteiger partial charge in [0.25, 0.3) is 5.91 Å². The lowest BCUT2D eigenvalue weighted by atomic mass is 9.96. The van der Waals surface area contributed by atoms with Crippen molar-refractivity contribution in [1.29, 1.82) is 0 Å². The Morgan fingerprint density at radius 1 is 0.886 bits per heavy atom. The second kappa shape index (κ2) is 12.1. The molecule has 182 valence electrons. The number of ether oxygens (including phenoxy) is 2. The number of para-hydroxylation sites is 1. The molecule has 0 bridgehead atoms. The Kier molecular flexibility index (Phi) is 8.48. The summed E-state index contributed by atoms with van der Waals surface area (Å²) in [7, 11) is 0. The first-order valence-corrected chi connectivity index (χ1v) is 11.8. The van der Waals surface area contributed by atoms with Gasteiger partial charge in [0.15, 0.2) is 0 Å². The molecule has 3 atom stereocenters. The highest BCUT2D eigenvalue weighted by Gasteiger charge is 2.33. The Hall–Kier alpha value is -3.68. The van der Waals surface area contributed by atoms with E-state index < -0.39 is 6.10 Å². The third kappa shape index (κ3) is 7.15. The first-order chi connectivity index (χ1) is 17.1. The number of benzene rings is 3. The zero-order valence-corrected chi connectivity index (χ0v) is 19.4.